The van der Waals surface area contributed by atoms with Crippen LogP contribution in [0.3, 0.4) is 0 Å². The Morgan fingerprint density at radius 1 is 1.46 bits per heavy atom. The Bertz CT molecular complexity index is 304. The topological polar surface area (TPSA) is 38.1 Å². The van der Waals surface area contributed by atoms with Crippen LogP contribution in [0.1, 0.15) is 30.1 Å². The summed E-state index contributed by atoms with van der Waals surface area (Å²) in [5, 5.41) is 8.88. The minimum atomic E-state index is 0.204. The number of imidazole rings is 1. The molecule has 0 unspecified atom stereocenters. The minimum Gasteiger partial charge on any atom is -0.396 e. The summed E-state index contributed by atoms with van der Waals surface area (Å²) in [7, 11) is 0. The average molecular weight is 180 g/mol. The second-order valence-electron chi connectivity index (χ2n) is 3.64. The molecule has 0 fully saturated rings. The predicted octanol–water partition coefficient (Wildman–Crippen LogP) is 1.06. The van der Waals surface area contributed by atoms with Gasteiger partial charge >= 0.3 is 0 Å². The molecule has 0 saturated carbocycles. The van der Waals surface area contributed by atoms with Crippen molar-refractivity contribution in [3.8, 4) is 0 Å². The van der Waals surface area contributed by atoms with Crippen LogP contribution in [-0.2, 0) is 19.4 Å². The highest BCUT2D eigenvalue weighted by molar-refractivity contribution is 5.17. The molecule has 2 rings (SSSR count). The van der Waals surface area contributed by atoms with E-state index in [9.17, 15) is 0 Å². The molecule has 1 aromatic heterocycles. The van der Waals surface area contributed by atoms with Crippen molar-refractivity contribution in [1.82, 2.24) is 9.55 Å². The summed E-state index contributed by atoms with van der Waals surface area (Å²) in [6.45, 7) is 3.36. The Morgan fingerprint density at radius 3 is 3.08 bits per heavy atom. The molecule has 0 bridgehead atoms. The molecule has 3 heteroatoms. The quantitative estimate of drug-likeness (QED) is 0.739. The molecule has 1 aromatic rings. The maximum atomic E-state index is 8.88. The molecule has 2 heterocycles. The van der Waals surface area contributed by atoms with Crippen LogP contribution in [0.2, 0.25) is 0 Å². The summed E-state index contributed by atoms with van der Waals surface area (Å²) in [5.41, 5.74) is 2.54. The first-order chi connectivity index (χ1) is 6.33. The lowest BCUT2D eigenvalue weighted by molar-refractivity contribution is 0.293. The summed E-state index contributed by atoms with van der Waals surface area (Å²) in [6.07, 6.45) is 4.39. The van der Waals surface area contributed by atoms with Gasteiger partial charge in [0.15, 0.2) is 0 Å². The van der Waals surface area contributed by atoms with E-state index < -0.39 is 0 Å². The van der Waals surface area contributed by atoms with Crippen molar-refractivity contribution < 1.29 is 5.11 Å². The molecule has 0 aliphatic carbocycles. The van der Waals surface area contributed by atoms with Gasteiger partial charge in [-0.2, -0.15) is 0 Å². The van der Waals surface area contributed by atoms with Crippen molar-refractivity contribution in [1.29, 1.82) is 0 Å². The lowest BCUT2D eigenvalue weighted by Crippen LogP contribution is -2.13. The van der Waals surface area contributed by atoms with Crippen LogP contribution in [0, 0.1) is 6.92 Å². The third kappa shape index (κ3) is 1.48. The summed E-state index contributed by atoms with van der Waals surface area (Å²) in [4.78, 5) is 4.48. The van der Waals surface area contributed by atoms with Crippen molar-refractivity contribution >= 4 is 0 Å². The van der Waals surface area contributed by atoms with Crippen LogP contribution in [-0.4, -0.2) is 21.3 Å². The minimum absolute atomic E-state index is 0.204. The molecule has 0 radical (unpaired) electrons. The van der Waals surface area contributed by atoms with Gasteiger partial charge in [-0.3, -0.25) is 0 Å². The first-order valence-electron chi connectivity index (χ1n) is 4.98. The van der Waals surface area contributed by atoms with Gasteiger partial charge in [-0.25, -0.2) is 4.98 Å². The van der Waals surface area contributed by atoms with E-state index in [-0.39, 0.29) is 6.61 Å². The molecule has 0 spiro atoms. The molecular formula is C10H16N2O. The monoisotopic (exact) mass is 180 g/mol. The number of hydrogen-bond acceptors (Lipinski definition) is 2. The van der Waals surface area contributed by atoms with E-state index >= 15 is 0 Å². The van der Waals surface area contributed by atoms with Gasteiger partial charge in [-0.05, 0) is 26.2 Å². The maximum Gasteiger partial charge on any atom is 0.111 e. The molecular weight excluding hydrogens is 164 g/mol. The van der Waals surface area contributed by atoms with Gasteiger partial charge in [-0.1, -0.05) is 0 Å². The Kier molecular flexibility index (Phi) is 2.36. The summed E-state index contributed by atoms with van der Waals surface area (Å²) in [6, 6.07) is 0. The molecule has 3 nitrogen and oxygen atoms in total. The molecule has 0 amide bonds. The lowest BCUT2D eigenvalue weighted by atomic mass is 10.1. The van der Waals surface area contributed by atoms with Gasteiger partial charge in [-0.15, -0.1) is 0 Å². The third-order valence-electron chi connectivity index (χ3n) is 2.73. The van der Waals surface area contributed by atoms with E-state index in [0.717, 1.165) is 24.5 Å². The Balaban J connectivity index is 2.36. The second kappa shape index (κ2) is 3.50. The number of nitrogens with zero attached hydrogens (tertiary/aromatic N) is 2. The van der Waals surface area contributed by atoms with Crippen LogP contribution in [0.5, 0.6) is 0 Å². The normalized spacial score (nSPS) is 15.8. The SMILES string of the molecule is Cc1nc(CCO)n2c1CCCC2. The van der Waals surface area contributed by atoms with Gasteiger partial charge in [0.05, 0.1) is 12.3 Å². The van der Waals surface area contributed by atoms with E-state index in [2.05, 4.69) is 16.5 Å². The van der Waals surface area contributed by atoms with Gasteiger partial charge in [0, 0.05) is 18.7 Å². The Morgan fingerprint density at radius 2 is 2.31 bits per heavy atom. The lowest BCUT2D eigenvalue weighted by Gasteiger charge is -2.16. The van der Waals surface area contributed by atoms with E-state index in [1.807, 2.05) is 0 Å². The molecule has 1 aliphatic heterocycles. The summed E-state index contributed by atoms with van der Waals surface area (Å²) in [5.74, 6) is 1.06. The number of hydrogen-bond donors (Lipinski definition) is 1. The number of rotatable bonds is 2. The number of aliphatic hydroxyl groups is 1. The van der Waals surface area contributed by atoms with Crippen molar-refractivity contribution in [3.63, 3.8) is 0 Å². The molecule has 0 atom stereocenters. The van der Waals surface area contributed by atoms with Gasteiger partial charge in [0.2, 0.25) is 0 Å². The summed E-state index contributed by atoms with van der Waals surface area (Å²) < 4.78 is 2.29. The van der Waals surface area contributed by atoms with Crippen molar-refractivity contribution in [2.24, 2.45) is 0 Å². The highest BCUT2D eigenvalue weighted by Crippen LogP contribution is 2.20. The smallest absolute Gasteiger partial charge is 0.111 e. The first-order valence-corrected chi connectivity index (χ1v) is 4.98. The number of fused-ring (bicyclic) bond motifs is 1. The Hall–Kier alpha value is -0.830. The van der Waals surface area contributed by atoms with Crippen molar-refractivity contribution in [2.45, 2.75) is 39.2 Å². The fourth-order valence-corrected chi connectivity index (χ4v) is 2.10. The van der Waals surface area contributed by atoms with Crippen LogP contribution in [0.4, 0.5) is 0 Å². The zero-order chi connectivity index (χ0) is 9.26. The average Bonchev–Trinajstić information content (AvgIpc) is 2.46. The largest absolute Gasteiger partial charge is 0.396 e. The molecule has 13 heavy (non-hydrogen) atoms. The fraction of sp³-hybridized carbons (Fsp3) is 0.700. The van der Waals surface area contributed by atoms with E-state index in [1.54, 1.807) is 0 Å². The molecule has 0 saturated heterocycles. The third-order valence-corrected chi connectivity index (χ3v) is 2.73. The zero-order valence-corrected chi connectivity index (χ0v) is 8.08. The highest BCUT2D eigenvalue weighted by atomic mass is 16.3. The number of aliphatic hydroxyl groups excluding tert-OH is 1. The molecule has 1 N–H and O–H groups in total. The summed E-state index contributed by atoms with van der Waals surface area (Å²) >= 11 is 0. The van der Waals surface area contributed by atoms with Gasteiger partial charge < -0.3 is 9.67 Å². The predicted molar refractivity (Wildman–Crippen MR) is 50.7 cm³/mol. The molecule has 1 aliphatic rings. The van der Waals surface area contributed by atoms with E-state index in [0.29, 0.717) is 6.42 Å². The second-order valence-corrected chi connectivity index (χ2v) is 3.64. The molecule has 72 valence electrons. The van der Waals surface area contributed by atoms with Crippen LogP contribution >= 0.6 is 0 Å². The number of aromatic nitrogens is 2. The fourth-order valence-electron chi connectivity index (χ4n) is 2.10. The first kappa shape index (κ1) is 8.75. The molecule has 0 aromatic carbocycles. The van der Waals surface area contributed by atoms with Crippen molar-refractivity contribution in [3.05, 3.63) is 17.2 Å². The van der Waals surface area contributed by atoms with Crippen LogP contribution in [0.15, 0.2) is 0 Å². The van der Waals surface area contributed by atoms with Crippen LogP contribution < -0.4 is 0 Å². The zero-order valence-electron chi connectivity index (χ0n) is 8.08. The van der Waals surface area contributed by atoms with E-state index in [4.69, 9.17) is 5.11 Å². The number of aryl methyl sites for hydroxylation is 1. The maximum absolute atomic E-state index is 8.88. The van der Waals surface area contributed by atoms with Gasteiger partial charge in [0.25, 0.3) is 0 Å². The highest BCUT2D eigenvalue weighted by Gasteiger charge is 2.16. The van der Waals surface area contributed by atoms with Crippen molar-refractivity contribution in [2.75, 3.05) is 6.61 Å². The van der Waals surface area contributed by atoms with Gasteiger partial charge in [0.1, 0.15) is 5.82 Å². The van der Waals surface area contributed by atoms with E-state index in [1.165, 1.54) is 18.5 Å². The van der Waals surface area contributed by atoms with Crippen LogP contribution in [0.25, 0.3) is 0 Å². The Labute approximate surface area is 78.4 Å². The standard InChI is InChI=1S/C10H16N2O/c1-8-9-4-2-3-6-12(9)10(11-8)5-7-13/h13H,2-7H2,1H3.